The van der Waals surface area contributed by atoms with Crippen molar-refractivity contribution in [3.8, 4) is 11.5 Å². The number of benzene rings is 4. The van der Waals surface area contributed by atoms with Crippen molar-refractivity contribution in [1.82, 2.24) is 4.90 Å². The van der Waals surface area contributed by atoms with Crippen molar-refractivity contribution in [2.75, 3.05) is 20.3 Å². The fraction of sp³-hybridized carbons (Fsp3) is 0.222. The van der Waals surface area contributed by atoms with E-state index in [0.717, 1.165) is 16.7 Å². The number of carbonyl (C=O) groups is 2. The molecule has 7 heteroatoms. The lowest BCUT2D eigenvalue weighted by molar-refractivity contribution is -0.140. The Morgan fingerprint density at radius 2 is 1.49 bits per heavy atom. The van der Waals surface area contributed by atoms with E-state index in [1.165, 1.54) is 4.90 Å². The summed E-state index contributed by atoms with van der Waals surface area (Å²) in [6.07, 6.45) is 0.539. The van der Waals surface area contributed by atoms with Crippen molar-refractivity contribution in [1.29, 1.82) is 0 Å². The number of likely N-dealkylation sites (tertiary alicyclic amines) is 1. The molecule has 0 aromatic heterocycles. The van der Waals surface area contributed by atoms with Gasteiger partial charge in [-0.2, -0.15) is 0 Å². The lowest BCUT2D eigenvalue weighted by Crippen LogP contribution is -2.31. The number of Topliss-reactive ketones (excluding diaryl/α,β-unsaturated/α-hetero) is 1. The van der Waals surface area contributed by atoms with Gasteiger partial charge in [-0.1, -0.05) is 72.8 Å². The van der Waals surface area contributed by atoms with Gasteiger partial charge in [0.25, 0.3) is 11.7 Å². The third kappa shape index (κ3) is 6.96. The number of ether oxygens (including phenoxy) is 3. The normalized spacial score (nSPS) is 16.0. The molecular weight excluding hydrogens is 542 g/mol. The predicted octanol–water partition coefficient (Wildman–Crippen LogP) is 6.61. The SMILES string of the molecule is COCCCN1C(=O)C(=O)/C(=C(/O)c2ccc(OCc3ccccc3)c(C)c2)C1c1cccc(OCc2ccccc2)c1. The van der Waals surface area contributed by atoms with Gasteiger partial charge in [-0.3, -0.25) is 9.59 Å². The number of methoxy groups -OCH3 is 1. The molecule has 1 amide bonds. The number of hydrogen-bond donors (Lipinski definition) is 1. The molecule has 1 aliphatic heterocycles. The second kappa shape index (κ2) is 13.9. The molecule has 0 bridgehead atoms. The van der Waals surface area contributed by atoms with Gasteiger partial charge in [0.15, 0.2) is 0 Å². The minimum absolute atomic E-state index is 0.0416. The minimum Gasteiger partial charge on any atom is -0.507 e. The molecule has 4 aromatic carbocycles. The van der Waals surface area contributed by atoms with E-state index in [0.29, 0.717) is 55.4 Å². The minimum atomic E-state index is -0.786. The van der Waals surface area contributed by atoms with Gasteiger partial charge in [-0.05, 0) is 65.9 Å². The maximum absolute atomic E-state index is 13.5. The van der Waals surface area contributed by atoms with Crippen molar-refractivity contribution in [2.45, 2.75) is 32.6 Å². The fourth-order valence-electron chi connectivity index (χ4n) is 5.20. The van der Waals surface area contributed by atoms with Gasteiger partial charge < -0.3 is 24.2 Å². The number of aliphatic hydroxyl groups is 1. The van der Waals surface area contributed by atoms with Gasteiger partial charge in [0.2, 0.25) is 0 Å². The van der Waals surface area contributed by atoms with Crippen LogP contribution in [0.15, 0.2) is 109 Å². The summed E-state index contributed by atoms with van der Waals surface area (Å²) in [5.74, 6) is -0.346. The molecule has 1 N–H and O–H groups in total. The zero-order valence-corrected chi connectivity index (χ0v) is 24.4. The highest BCUT2D eigenvalue weighted by atomic mass is 16.5. The van der Waals surface area contributed by atoms with Crippen molar-refractivity contribution >= 4 is 17.4 Å². The Balaban J connectivity index is 1.46. The van der Waals surface area contributed by atoms with Crippen molar-refractivity contribution in [2.24, 2.45) is 0 Å². The van der Waals surface area contributed by atoms with E-state index in [4.69, 9.17) is 14.2 Å². The number of carbonyl (C=O) groups excluding carboxylic acids is 2. The molecule has 0 saturated carbocycles. The standard InChI is InChI=1S/C36H35NO6/c1-25-21-29(17-18-31(25)43-24-27-13-7-4-8-14-27)34(38)32-33(37(19-10-20-41-2)36(40)35(32)39)28-15-9-16-30(22-28)42-23-26-11-5-3-6-12-26/h3-9,11-18,21-22,33,38H,10,19-20,23-24H2,1-2H3/b34-32+. The van der Waals surface area contributed by atoms with Crippen LogP contribution in [0.1, 0.15) is 40.3 Å². The number of amides is 1. The van der Waals surface area contributed by atoms with Gasteiger partial charge in [-0.15, -0.1) is 0 Å². The van der Waals surface area contributed by atoms with Crippen LogP contribution in [0.4, 0.5) is 0 Å². The topological polar surface area (TPSA) is 85.3 Å². The third-order valence-electron chi connectivity index (χ3n) is 7.40. The number of nitrogens with zero attached hydrogens (tertiary/aromatic N) is 1. The average Bonchev–Trinajstić information content (AvgIpc) is 3.29. The number of hydrogen-bond acceptors (Lipinski definition) is 6. The van der Waals surface area contributed by atoms with Crippen LogP contribution in [0.3, 0.4) is 0 Å². The first-order valence-electron chi connectivity index (χ1n) is 14.3. The van der Waals surface area contributed by atoms with Crippen LogP contribution in [0.25, 0.3) is 5.76 Å². The van der Waals surface area contributed by atoms with Gasteiger partial charge in [-0.25, -0.2) is 0 Å². The maximum Gasteiger partial charge on any atom is 0.295 e. The van der Waals surface area contributed by atoms with Crippen LogP contribution >= 0.6 is 0 Å². The zero-order chi connectivity index (χ0) is 30.2. The monoisotopic (exact) mass is 577 g/mol. The van der Waals surface area contributed by atoms with E-state index in [2.05, 4.69) is 0 Å². The molecule has 220 valence electrons. The van der Waals surface area contributed by atoms with Gasteiger partial charge in [0.05, 0.1) is 11.6 Å². The molecule has 7 nitrogen and oxygen atoms in total. The summed E-state index contributed by atoms with van der Waals surface area (Å²) in [5, 5.41) is 11.6. The van der Waals surface area contributed by atoms with Crippen molar-refractivity contribution < 1.29 is 28.9 Å². The zero-order valence-electron chi connectivity index (χ0n) is 24.4. The molecule has 43 heavy (non-hydrogen) atoms. The van der Waals surface area contributed by atoms with Crippen LogP contribution in [0.2, 0.25) is 0 Å². The lowest BCUT2D eigenvalue weighted by atomic mass is 9.94. The third-order valence-corrected chi connectivity index (χ3v) is 7.40. The van der Waals surface area contributed by atoms with Gasteiger partial charge >= 0.3 is 0 Å². The molecule has 1 fully saturated rings. The molecule has 5 rings (SSSR count). The Morgan fingerprint density at radius 1 is 0.814 bits per heavy atom. The van der Waals surface area contributed by atoms with E-state index in [1.54, 1.807) is 25.3 Å². The number of aliphatic hydroxyl groups excluding tert-OH is 1. The molecule has 1 saturated heterocycles. The van der Waals surface area contributed by atoms with E-state index in [9.17, 15) is 14.7 Å². The first-order chi connectivity index (χ1) is 21.0. The molecule has 4 aromatic rings. The summed E-state index contributed by atoms with van der Waals surface area (Å²) in [6, 6.07) is 31.4. The van der Waals surface area contributed by atoms with Crippen molar-refractivity contribution in [3.05, 3.63) is 137 Å². The quantitative estimate of drug-likeness (QED) is 0.0883. The van der Waals surface area contributed by atoms with E-state index >= 15 is 0 Å². The average molecular weight is 578 g/mol. The Labute approximate surface area is 252 Å². The maximum atomic E-state index is 13.5. The first kappa shape index (κ1) is 29.6. The van der Waals surface area contributed by atoms with Gasteiger partial charge in [0, 0.05) is 25.8 Å². The molecule has 1 heterocycles. The second-order valence-corrected chi connectivity index (χ2v) is 10.4. The summed E-state index contributed by atoms with van der Waals surface area (Å²) < 4.78 is 17.2. The summed E-state index contributed by atoms with van der Waals surface area (Å²) in [4.78, 5) is 28.3. The Bertz CT molecular complexity index is 1600. The van der Waals surface area contributed by atoms with E-state index in [1.807, 2.05) is 91.9 Å². The van der Waals surface area contributed by atoms with Crippen LogP contribution in [0, 0.1) is 6.92 Å². The molecule has 1 atom stereocenters. The summed E-state index contributed by atoms with van der Waals surface area (Å²) in [5.41, 5.74) is 3.99. The highest BCUT2D eigenvalue weighted by Crippen LogP contribution is 2.41. The number of rotatable bonds is 12. The summed E-state index contributed by atoms with van der Waals surface area (Å²) >= 11 is 0. The summed E-state index contributed by atoms with van der Waals surface area (Å²) in [6.45, 7) is 3.38. The smallest absolute Gasteiger partial charge is 0.295 e. The molecule has 0 aliphatic carbocycles. The van der Waals surface area contributed by atoms with E-state index in [-0.39, 0.29) is 11.3 Å². The Kier molecular flexibility index (Phi) is 9.54. The van der Waals surface area contributed by atoms with Crippen LogP contribution in [-0.4, -0.2) is 42.0 Å². The number of aryl methyl sites for hydroxylation is 1. The molecule has 1 aliphatic rings. The van der Waals surface area contributed by atoms with Crippen LogP contribution in [-0.2, 0) is 27.5 Å². The van der Waals surface area contributed by atoms with Crippen molar-refractivity contribution in [3.63, 3.8) is 0 Å². The van der Waals surface area contributed by atoms with Crippen LogP contribution in [0.5, 0.6) is 11.5 Å². The molecule has 0 spiro atoms. The lowest BCUT2D eigenvalue weighted by Gasteiger charge is -2.25. The molecule has 1 unspecified atom stereocenters. The second-order valence-electron chi connectivity index (χ2n) is 10.4. The molecule has 0 radical (unpaired) electrons. The Morgan fingerprint density at radius 3 is 2.14 bits per heavy atom. The summed E-state index contributed by atoms with van der Waals surface area (Å²) in [7, 11) is 1.59. The van der Waals surface area contributed by atoms with E-state index < -0.39 is 17.7 Å². The fourth-order valence-corrected chi connectivity index (χ4v) is 5.20. The predicted molar refractivity (Wildman–Crippen MR) is 165 cm³/mol. The first-order valence-corrected chi connectivity index (χ1v) is 14.3. The number of ketones is 1. The highest BCUT2D eigenvalue weighted by molar-refractivity contribution is 6.46. The Hall–Kier alpha value is -4.88. The largest absolute Gasteiger partial charge is 0.507 e. The highest BCUT2D eigenvalue weighted by Gasteiger charge is 2.46. The van der Waals surface area contributed by atoms with Crippen LogP contribution < -0.4 is 9.47 Å². The molecular formula is C36H35NO6. The van der Waals surface area contributed by atoms with Gasteiger partial charge in [0.1, 0.15) is 30.5 Å².